The number of rotatable bonds is 5. The highest BCUT2D eigenvalue weighted by molar-refractivity contribution is 5.91. The van der Waals surface area contributed by atoms with E-state index in [1.54, 1.807) is 0 Å². The summed E-state index contributed by atoms with van der Waals surface area (Å²) in [7, 11) is 2.17. The van der Waals surface area contributed by atoms with Gasteiger partial charge in [0.15, 0.2) is 0 Å². The Morgan fingerprint density at radius 3 is 2.76 bits per heavy atom. The van der Waals surface area contributed by atoms with Crippen molar-refractivity contribution in [2.45, 2.75) is 81.7 Å². The number of anilines is 1. The molecular formula is C28H38N6O3. The summed E-state index contributed by atoms with van der Waals surface area (Å²) in [5, 5.41) is 4.54. The first-order chi connectivity index (χ1) is 18.1. The van der Waals surface area contributed by atoms with Crippen LogP contribution in [-0.4, -0.2) is 89.2 Å². The monoisotopic (exact) mass is 506 g/mol. The molecule has 9 heteroatoms. The number of fused-ring (bicyclic) bond motifs is 3. The Morgan fingerprint density at radius 1 is 1.05 bits per heavy atom. The largest absolute Gasteiger partial charge is 0.476 e. The topological polar surface area (TPSA) is 87.8 Å². The lowest BCUT2D eigenvalue weighted by Gasteiger charge is -2.48. The van der Waals surface area contributed by atoms with E-state index in [1.165, 1.54) is 19.4 Å². The van der Waals surface area contributed by atoms with Crippen LogP contribution in [0.25, 0.3) is 11.6 Å². The first-order valence-electron chi connectivity index (χ1n) is 14.3. The van der Waals surface area contributed by atoms with Crippen LogP contribution < -0.4 is 9.64 Å². The second-order valence-electron chi connectivity index (χ2n) is 11.8. The number of ether oxygens (including phenoxy) is 1. The number of nitrogens with zero attached hydrogens (tertiary/aromatic N) is 6. The Kier molecular flexibility index (Phi) is 5.96. The normalized spacial score (nSPS) is 30.3. The van der Waals surface area contributed by atoms with Crippen LogP contribution in [0.2, 0.25) is 0 Å². The summed E-state index contributed by atoms with van der Waals surface area (Å²) >= 11 is 0. The molecule has 3 atom stereocenters. The van der Waals surface area contributed by atoms with Crippen molar-refractivity contribution in [3.8, 4) is 17.5 Å². The lowest BCUT2D eigenvalue weighted by atomic mass is 9.64. The summed E-state index contributed by atoms with van der Waals surface area (Å²) in [4.78, 5) is 30.3. The second kappa shape index (κ2) is 9.34. The number of carbonyl (C=O) groups excluding carboxylic acids is 1. The van der Waals surface area contributed by atoms with Gasteiger partial charge in [-0.05, 0) is 65.0 Å². The molecule has 1 unspecified atom stereocenters. The number of likely N-dealkylation sites (N-methyl/N-ethyl adjacent to an activating group) is 1. The Balaban J connectivity index is 1.24. The van der Waals surface area contributed by atoms with E-state index in [9.17, 15) is 4.79 Å². The van der Waals surface area contributed by atoms with E-state index in [2.05, 4.69) is 26.9 Å². The average Bonchev–Trinajstić information content (AvgIpc) is 3.52. The van der Waals surface area contributed by atoms with E-state index in [0.29, 0.717) is 48.4 Å². The van der Waals surface area contributed by atoms with Gasteiger partial charge in [0, 0.05) is 56.3 Å². The van der Waals surface area contributed by atoms with Gasteiger partial charge in [-0.2, -0.15) is 4.98 Å². The molecule has 37 heavy (non-hydrogen) atoms. The molecule has 0 N–H and O–H groups in total. The third kappa shape index (κ3) is 4.05. The molecule has 3 aliphatic heterocycles. The first-order valence-corrected chi connectivity index (χ1v) is 14.3. The highest BCUT2D eigenvalue weighted by Gasteiger charge is 2.48. The fourth-order valence-electron chi connectivity index (χ4n) is 7.30. The Labute approximate surface area is 218 Å². The van der Waals surface area contributed by atoms with Crippen LogP contribution in [0.15, 0.2) is 10.6 Å². The van der Waals surface area contributed by atoms with Gasteiger partial charge in [0.05, 0.1) is 5.41 Å². The van der Waals surface area contributed by atoms with Crippen molar-refractivity contribution >= 4 is 11.6 Å². The van der Waals surface area contributed by atoms with E-state index in [0.717, 1.165) is 88.2 Å². The summed E-state index contributed by atoms with van der Waals surface area (Å²) in [5.41, 5.74) is 1.41. The zero-order chi connectivity index (χ0) is 25.0. The highest BCUT2D eigenvalue weighted by atomic mass is 16.5. The third-order valence-corrected chi connectivity index (χ3v) is 9.73. The predicted octanol–water partition coefficient (Wildman–Crippen LogP) is 3.22. The van der Waals surface area contributed by atoms with E-state index in [1.807, 2.05) is 6.07 Å². The van der Waals surface area contributed by atoms with Crippen molar-refractivity contribution in [1.29, 1.82) is 0 Å². The molecule has 5 heterocycles. The van der Waals surface area contributed by atoms with Gasteiger partial charge in [-0.1, -0.05) is 11.6 Å². The number of ketones is 1. The van der Waals surface area contributed by atoms with Gasteiger partial charge in [0.2, 0.25) is 17.5 Å². The summed E-state index contributed by atoms with van der Waals surface area (Å²) in [6.07, 6.45) is 9.87. The SMILES string of the molecule is CN1CCC[C@H]1COc1cc(N2CCN3CCC3C2)nc(-c2onc3c2CCC[C@@]32CCCCC2=O)n1. The summed E-state index contributed by atoms with van der Waals surface area (Å²) in [6.45, 7) is 5.94. The molecular weight excluding hydrogens is 468 g/mol. The number of Topliss-reactive ketones (excluding diaryl/α,β-unsaturated/α-hetero) is 1. The quantitative estimate of drug-likeness (QED) is 0.606. The maximum absolute atomic E-state index is 13.1. The zero-order valence-electron chi connectivity index (χ0n) is 22.0. The number of likely N-dealkylation sites (tertiary alicyclic amines) is 1. The molecule has 0 bridgehead atoms. The first kappa shape index (κ1) is 23.6. The smallest absolute Gasteiger partial charge is 0.219 e. The lowest BCUT2D eigenvalue weighted by molar-refractivity contribution is -0.127. The van der Waals surface area contributed by atoms with Gasteiger partial charge in [0.1, 0.15) is 23.9 Å². The summed E-state index contributed by atoms with van der Waals surface area (Å²) in [6, 6.07) is 3.02. The Bertz CT molecular complexity index is 1180. The van der Waals surface area contributed by atoms with Crippen LogP contribution in [0.1, 0.15) is 69.0 Å². The molecule has 2 aliphatic carbocycles. The minimum atomic E-state index is -0.474. The van der Waals surface area contributed by atoms with Crippen molar-refractivity contribution in [2.24, 2.45) is 0 Å². The van der Waals surface area contributed by atoms with Gasteiger partial charge in [-0.25, -0.2) is 4.98 Å². The van der Waals surface area contributed by atoms with Gasteiger partial charge in [0.25, 0.3) is 0 Å². The standard InChI is InChI=1S/C28H38N6O3/c1-32-12-5-6-20(32)18-36-24-16-23(34-15-14-33-13-9-19(33)17-34)29-27(30-24)25-21-7-4-11-28(26(21)31-37-25)10-3-2-8-22(28)35/h16,19-20H,2-15,17-18H2,1H3/t19?,20-,28+/m0/s1. The molecule has 198 valence electrons. The van der Waals surface area contributed by atoms with Crippen molar-refractivity contribution < 1.29 is 14.1 Å². The molecule has 4 fully saturated rings. The maximum atomic E-state index is 13.1. The molecule has 2 aromatic rings. The van der Waals surface area contributed by atoms with Gasteiger partial charge < -0.3 is 19.1 Å². The van der Waals surface area contributed by atoms with Crippen LogP contribution in [0.5, 0.6) is 5.88 Å². The molecule has 0 aromatic carbocycles. The Morgan fingerprint density at radius 2 is 1.97 bits per heavy atom. The number of aromatic nitrogens is 3. The molecule has 5 aliphatic rings. The number of piperazine rings is 1. The zero-order valence-corrected chi connectivity index (χ0v) is 22.0. The van der Waals surface area contributed by atoms with Crippen LogP contribution in [0.3, 0.4) is 0 Å². The number of carbonyl (C=O) groups is 1. The molecule has 2 aromatic heterocycles. The Hall–Kier alpha value is -2.52. The van der Waals surface area contributed by atoms with Crippen molar-refractivity contribution in [2.75, 3.05) is 51.3 Å². The molecule has 0 radical (unpaired) electrons. The fourth-order valence-corrected chi connectivity index (χ4v) is 7.30. The molecule has 0 amide bonds. The number of hydrogen-bond acceptors (Lipinski definition) is 9. The minimum Gasteiger partial charge on any atom is -0.476 e. The van der Waals surface area contributed by atoms with Crippen molar-refractivity contribution in [1.82, 2.24) is 24.9 Å². The van der Waals surface area contributed by atoms with Gasteiger partial charge in [-0.3, -0.25) is 9.69 Å². The fraction of sp³-hybridized carbons (Fsp3) is 0.714. The van der Waals surface area contributed by atoms with Crippen LogP contribution in [0.4, 0.5) is 5.82 Å². The van der Waals surface area contributed by atoms with Crippen molar-refractivity contribution in [3.63, 3.8) is 0 Å². The molecule has 1 spiro atoms. The predicted molar refractivity (Wildman–Crippen MR) is 139 cm³/mol. The molecule has 3 saturated heterocycles. The number of hydrogen-bond donors (Lipinski definition) is 0. The van der Waals surface area contributed by atoms with Crippen LogP contribution in [-0.2, 0) is 16.6 Å². The molecule has 9 nitrogen and oxygen atoms in total. The van der Waals surface area contributed by atoms with Gasteiger partial charge >= 0.3 is 0 Å². The van der Waals surface area contributed by atoms with Gasteiger partial charge in [-0.15, -0.1) is 0 Å². The minimum absolute atomic E-state index is 0.331. The maximum Gasteiger partial charge on any atom is 0.219 e. The molecule has 7 rings (SSSR count). The van der Waals surface area contributed by atoms with Crippen LogP contribution >= 0.6 is 0 Å². The summed E-state index contributed by atoms with van der Waals surface area (Å²) in [5.74, 6) is 2.99. The summed E-state index contributed by atoms with van der Waals surface area (Å²) < 4.78 is 12.3. The molecule has 1 saturated carbocycles. The van der Waals surface area contributed by atoms with Crippen molar-refractivity contribution in [3.05, 3.63) is 17.3 Å². The second-order valence-corrected chi connectivity index (χ2v) is 11.8. The lowest BCUT2D eigenvalue weighted by Crippen LogP contribution is -2.60. The van der Waals surface area contributed by atoms with E-state index in [4.69, 9.17) is 19.2 Å². The van der Waals surface area contributed by atoms with E-state index < -0.39 is 5.41 Å². The van der Waals surface area contributed by atoms with Crippen LogP contribution in [0, 0.1) is 0 Å². The average molecular weight is 507 g/mol. The third-order valence-electron chi connectivity index (χ3n) is 9.73. The highest BCUT2D eigenvalue weighted by Crippen LogP contribution is 2.47. The van der Waals surface area contributed by atoms with E-state index in [-0.39, 0.29) is 0 Å². The van der Waals surface area contributed by atoms with E-state index >= 15 is 0 Å².